The van der Waals surface area contributed by atoms with E-state index in [1.165, 1.54) is 22.9 Å². The molecular weight excluding hydrogens is 353 g/mol. The van der Waals surface area contributed by atoms with Gasteiger partial charge in [-0.2, -0.15) is 0 Å². The first kappa shape index (κ1) is 19.4. The molecule has 1 atom stereocenters. The quantitative estimate of drug-likeness (QED) is 0.780. The van der Waals surface area contributed by atoms with Crippen molar-refractivity contribution in [3.05, 3.63) is 41.7 Å². The fourth-order valence-electron chi connectivity index (χ4n) is 2.21. The third-order valence-corrected chi connectivity index (χ3v) is 3.42. The molecule has 0 aliphatic heterocycles. The first-order valence-electron chi connectivity index (χ1n) is 7.73. The molecule has 0 aliphatic rings. The predicted octanol–water partition coefficient (Wildman–Crippen LogP) is 2.37. The van der Waals surface area contributed by atoms with Crippen molar-refractivity contribution in [3.63, 3.8) is 0 Å². The third kappa shape index (κ3) is 4.58. The number of carboxylic acid groups (broad SMARTS) is 1. The van der Waals surface area contributed by atoms with Crippen molar-refractivity contribution < 1.29 is 27.9 Å². The van der Waals surface area contributed by atoms with E-state index in [0.717, 1.165) is 0 Å². The summed E-state index contributed by atoms with van der Waals surface area (Å²) in [6.07, 6.45) is -3.94. The fourth-order valence-corrected chi connectivity index (χ4v) is 2.21. The van der Waals surface area contributed by atoms with Gasteiger partial charge in [0.05, 0.1) is 5.69 Å². The Kier molecular flexibility index (Phi) is 5.96. The summed E-state index contributed by atoms with van der Waals surface area (Å²) in [6.45, 7) is 3.55. The molecule has 1 aromatic heterocycles. The lowest BCUT2D eigenvalue weighted by atomic mass is 10.2. The van der Waals surface area contributed by atoms with Gasteiger partial charge in [0.1, 0.15) is 17.7 Å². The summed E-state index contributed by atoms with van der Waals surface area (Å²) in [6, 6.07) is 3.68. The highest BCUT2D eigenvalue weighted by Gasteiger charge is 2.27. The largest absolute Gasteiger partial charge is 0.480 e. The summed E-state index contributed by atoms with van der Waals surface area (Å²) in [7, 11) is 0. The van der Waals surface area contributed by atoms with Gasteiger partial charge >= 0.3 is 5.97 Å². The molecule has 0 spiro atoms. The molecule has 0 saturated carbocycles. The molecule has 0 aliphatic carbocycles. The van der Waals surface area contributed by atoms with Crippen LogP contribution in [0, 0.1) is 5.82 Å². The Hall–Kier alpha value is -2.91. The van der Waals surface area contributed by atoms with Crippen molar-refractivity contribution in [1.82, 2.24) is 20.1 Å². The molecule has 1 unspecified atom stereocenters. The highest BCUT2D eigenvalue weighted by atomic mass is 19.3. The molecular formula is C16H17F3N4O3. The molecule has 140 valence electrons. The number of aromatic nitrogens is 3. The first-order chi connectivity index (χ1) is 12.2. The molecule has 0 fully saturated rings. The van der Waals surface area contributed by atoms with E-state index in [-0.39, 0.29) is 5.92 Å². The monoisotopic (exact) mass is 370 g/mol. The molecule has 1 aromatic carbocycles. The molecule has 0 saturated heterocycles. The smallest absolute Gasteiger partial charge is 0.326 e. The zero-order valence-electron chi connectivity index (χ0n) is 14.0. The molecule has 10 heteroatoms. The van der Waals surface area contributed by atoms with Crippen molar-refractivity contribution in [1.29, 1.82) is 0 Å². The maximum Gasteiger partial charge on any atom is 0.326 e. The van der Waals surface area contributed by atoms with E-state index in [1.807, 2.05) is 5.32 Å². The lowest BCUT2D eigenvalue weighted by Crippen LogP contribution is -2.42. The van der Waals surface area contributed by atoms with Crippen LogP contribution in [-0.2, 0) is 4.79 Å². The van der Waals surface area contributed by atoms with Gasteiger partial charge in [0.15, 0.2) is 0 Å². The SMILES string of the molecule is CC(C)c1nc(C(=O)NC(CC(F)F)C(=O)O)nn1-c1cccc(F)c1. The number of halogens is 3. The van der Waals surface area contributed by atoms with E-state index in [1.54, 1.807) is 19.9 Å². The molecule has 7 nitrogen and oxygen atoms in total. The number of benzene rings is 1. The highest BCUT2D eigenvalue weighted by molar-refractivity contribution is 5.93. The first-order valence-corrected chi connectivity index (χ1v) is 7.73. The molecule has 26 heavy (non-hydrogen) atoms. The minimum absolute atomic E-state index is 0.191. The Morgan fingerprint density at radius 3 is 2.54 bits per heavy atom. The maximum absolute atomic E-state index is 13.5. The molecule has 0 bridgehead atoms. The summed E-state index contributed by atoms with van der Waals surface area (Å²) in [4.78, 5) is 27.2. The summed E-state index contributed by atoms with van der Waals surface area (Å²) in [5.41, 5.74) is 0.322. The average molecular weight is 370 g/mol. The number of amides is 1. The lowest BCUT2D eigenvalue weighted by molar-refractivity contribution is -0.140. The van der Waals surface area contributed by atoms with Crippen LogP contribution < -0.4 is 5.32 Å². The number of carbonyl (C=O) groups excluding carboxylic acids is 1. The normalized spacial score (nSPS) is 12.4. The van der Waals surface area contributed by atoms with Gasteiger partial charge in [-0.05, 0) is 18.2 Å². The van der Waals surface area contributed by atoms with Crippen LogP contribution in [0.4, 0.5) is 13.2 Å². The van der Waals surface area contributed by atoms with Crippen LogP contribution >= 0.6 is 0 Å². The Balaban J connectivity index is 2.34. The number of carboxylic acids is 1. The number of hydrogen-bond donors (Lipinski definition) is 2. The van der Waals surface area contributed by atoms with Crippen LogP contribution in [0.3, 0.4) is 0 Å². The number of aliphatic carboxylic acids is 1. The number of nitrogens with one attached hydrogen (secondary N) is 1. The predicted molar refractivity (Wildman–Crippen MR) is 84.9 cm³/mol. The van der Waals surface area contributed by atoms with Crippen LogP contribution in [0.25, 0.3) is 5.69 Å². The van der Waals surface area contributed by atoms with Crippen molar-refractivity contribution >= 4 is 11.9 Å². The fraction of sp³-hybridized carbons (Fsp3) is 0.375. The van der Waals surface area contributed by atoms with Crippen LogP contribution in [0.1, 0.15) is 42.6 Å². The standard InChI is InChI=1S/C16H17F3N4O3/c1-8(2)14-21-13(15(24)20-11(16(25)26)7-12(18)19)22-23(14)10-5-3-4-9(17)6-10/h3-6,8,11-12H,7H2,1-2H3,(H,20,24)(H,25,26). The van der Waals surface area contributed by atoms with Crippen LogP contribution in [-0.4, -0.2) is 44.2 Å². The molecule has 0 radical (unpaired) electrons. The minimum Gasteiger partial charge on any atom is -0.480 e. The molecule has 2 aromatic rings. The van der Waals surface area contributed by atoms with Crippen molar-refractivity contribution in [2.24, 2.45) is 0 Å². The number of hydrogen-bond acceptors (Lipinski definition) is 4. The second-order valence-electron chi connectivity index (χ2n) is 5.83. The molecule has 2 N–H and O–H groups in total. The second-order valence-corrected chi connectivity index (χ2v) is 5.83. The van der Waals surface area contributed by atoms with Crippen LogP contribution in [0.2, 0.25) is 0 Å². The Bertz CT molecular complexity index is 808. The second kappa shape index (κ2) is 7.98. The summed E-state index contributed by atoms with van der Waals surface area (Å²) >= 11 is 0. The van der Waals surface area contributed by atoms with Gasteiger partial charge in [-0.15, -0.1) is 5.10 Å². The van der Waals surface area contributed by atoms with E-state index < -0.39 is 42.4 Å². The van der Waals surface area contributed by atoms with Crippen molar-refractivity contribution in [2.75, 3.05) is 0 Å². The number of nitrogens with zero attached hydrogens (tertiary/aromatic N) is 3. The van der Waals surface area contributed by atoms with E-state index in [4.69, 9.17) is 5.11 Å². The number of alkyl halides is 2. The van der Waals surface area contributed by atoms with E-state index in [0.29, 0.717) is 11.5 Å². The molecule has 1 amide bonds. The number of rotatable bonds is 7. The lowest BCUT2D eigenvalue weighted by Gasteiger charge is -2.12. The summed E-state index contributed by atoms with van der Waals surface area (Å²) in [5, 5.41) is 14.9. The van der Waals surface area contributed by atoms with Gasteiger partial charge in [0.2, 0.25) is 12.2 Å². The number of carbonyl (C=O) groups is 2. The topological polar surface area (TPSA) is 97.1 Å². The van der Waals surface area contributed by atoms with E-state index >= 15 is 0 Å². The Morgan fingerprint density at radius 2 is 2.00 bits per heavy atom. The van der Waals surface area contributed by atoms with Gasteiger partial charge in [-0.25, -0.2) is 27.6 Å². The summed E-state index contributed by atoms with van der Waals surface area (Å²) < 4.78 is 39.6. The average Bonchev–Trinajstić information content (AvgIpc) is 2.99. The van der Waals surface area contributed by atoms with Gasteiger partial charge in [-0.1, -0.05) is 19.9 Å². The van der Waals surface area contributed by atoms with Gasteiger partial charge < -0.3 is 10.4 Å². The highest BCUT2D eigenvalue weighted by Crippen LogP contribution is 2.18. The van der Waals surface area contributed by atoms with Gasteiger partial charge in [0, 0.05) is 12.3 Å². The Labute approximate surface area is 146 Å². The van der Waals surface area contributed by atoms with E-state index in [2.05, 4.69) is 10.1 Å². The zero-order chi connectivity index (χ0) is 19.4. The third-order valence-electron chi connectivity index (χ3n) is 3.42. The minimum atomic E-state index is -2.90. The van der Waals surface area contributed by atoms with Gasteiger partial charge in [0.25, 0.3) is 5.91 Å². The zero-order valence-corrected chi connectivity index (χ0v) is 14.0. The van der Waals surface area contributed by atoms with Gasteiger partial charge in [-0.3, -0.25) is 4.79 Å². The van der Waals surface area contributed by atoms with Crippen LogP contribution in [0.15, 0.2) is 24.3 Å². The van der Waals surface area contributed by atoms with Crippen LogP contribution in [0.5, 0.6) is 0 Å². The van der Waals surface area contributed by atoms with Crippen molar-refractivity contribution in [2.45, 2.75) is 38.7 Å². The van der Waals surface area contributed by atoms with Crippen molar-refractivity contribution in [3.8, 4) is 5.69 Å². The summed E-state index contributed by atoms with van der Waals surface area (Å²) in [5.74, 6) is -3.35. The van der Waals surface area contributed by atoms with E-state index in [9.17, 15) is 22.8 Å². The molecule has 2 rings (SSSR count). The maximum atomic E-state index is 13.5. The molecule has 1 heterocycles. The Morgan fingerprint density at radius 1 is 1.31 bits per heavy atom.